The summed E-state index contributed by atoms with van der Waals surface area (Å²) in [5.74, 6) is -1.28. The van der Waals surface area contributed by atoms with Gasteiger partial charge in [-0.1, -0.05) is 34.1 Å². The van der Waals surface area contributed by atoms with Crippen molar-refractivity contribution in [3.05, 3.63) is 82.7 Å². The van der Waals surface area contributed by atoms with Crippen molar-refractivity contribution in [1.82, 2.24) is 5.32 Å². The van der Waals surface area contributed by atoms with E-state index in [1.54, 1.807) is 42.5 Å². The standard InChI is InChI=1S/C21H19BrN2O5S/c22-16-6-8-17(9-7-16)24-19(25)10-12-23-21(26)20-15(11-13-29-20)14-30(27,28)18-4-2-1-3-5-18/h1-9,11,13H,10,12,14H2,(H,23,26)(H,24,25). The number of carbonyl (C=O) groups excluding carboxylic acids is 2. The summed E-state index contributed by atoms with van der Waals surface area (Å²) >= 11 is 3.32. The van der Waals surface area contributed by atoms with Gasteiger partial charge in [-0.05, 0) is 42.5 Å². The second kappa shape index (κ2) is 9.73. The summed E-state index contributed by atoms with van der Waals surface area (Å²) in [6.07, 6.45) is 1.32. The number of nitrogens with one attached hydrogen (secondary N) is 2. The Morgan fingerprint density at radius 1 is 0.967 bits per heavy atom. The van der Waals surface area contributed by atoms with E-state index in [2.05, 4.69) is 26.6 Å². The highest BCUT2D eigenvalue weighted by Gasteiger charge is 2.22. The van der Waals surface area contributed by atoms with Crippen LogP contribution in [0.4, 0.5) is 5.69 Å². The third-order valence-corrected chi connectivity index (χ3v) is 6.38. The monoisotopic (exact) mass is 490 g/mol. The van der Waals surface area contributed by atoms with Gasteiger partial charge in [0.25, 0.3) is 5.91 Å². The number of rotatable bonds is 8. The Kier molecular flexibility index (Phi) is 7.07. The van der Waals surface area contributed by atoms with Crippen LogP contribution in [0.1, 0.15) is 22.5 Å². The number of carbonyl (C=O) groups is 2. The van der Waals surface area contributed by atoms with E-state index in [4.69, 9.17) is 4.42 Å². The number of sulfone groups is 1. The highest BCUT2D eigenvalue weighted by molar-refractivity contribution is 9.10. The molecule has 0 spiro atoms. The van der Waals surface area contributed by atoms with Crippen molar-refractivity contribution in [3.63, 3.8) is 0 Å². The molecular weight excluding hydrogens is 472 g/mol. The summed E-state index contributed by atoms with van der Waals surface area (Å²) in [6.45, 7) is 0.0762. The van der Waals surface area contributed by atoms with E-state index in [9.17, 15) is 18.0 Å². The number of hydrogen-bond acceptors (Lipinski definition) is 5. The van der Waals surface area contributed by atoms with E-state index in [1.807, 2.05) is 0 Å². The van der Waals surface area contributed by atoms with Crippen LogP contribution >= 0.6 is 15.9 Å². The zero-order valence-electron chi connectivity index (χ0n) is 15.8. The van der Waals surface area contributed by atoms with Crippen LogP contribution in [0.2, 0.25) is 0 Å². The summed E-state index contributed by atoms with van der Waals surface area (Å²) in [7, 11) is -3.62. The van der Waals surface area contributed by atoms with Crippen LogP contribution in [-0.4, -0.2) is 26.8 Å². The molecule has 2 aromatic carbocycles. The molecule has 0 saturated carbocycles. The van der Waals surface area contributed by atoms with Crippen LogP contribution in [0.5, 0.6) is 0 Å². The van der Waals surface area contributed by atoms with Crippen LogP contribution < -0.4 is 10.6 Å². The van der Waals surface area contributed by atoms with Crippen molar-refractivity contribution in [1.29, 1.82) is 0 Å². The minimum absolute atomic E-state index is 0.0557. The SMILES string of the molecule is O=C(CCNC(=O)c1occc1CS(=O)(=O)c1ccccc1)Nc1ccc(Br)cc1. The fourth-order valence-electron chi connectivity index (χ4n) is 2.69. The van der Waals surface area contributed by atoms with Crippen LogP contribution in [0.25, 0.3) is 0 Å². The number of halogens is 1. The van der Waals surface area contributed by atoms with E-state index in [-0.39, 0.29) is 40.8 Å². The van der Waals surface area contributed by atoms with Gasteiger partial charge in [0.1, 0.15) is 0 Å². The van der Waals surface area contributed by atoms with Gasteiger partial charge < -0.3 is 15.1 Å². The molecular formula is C21H19BrN2O5S. The summed E-state index contributed by atoms with van der Waals surface area (Å²) in [5, 5.41) is 5.31. The Labute approximate surface area is 182 Å². The smallest absolute Gasteiger partial charge is 0.287 e. The second-order valence-corrected chi connectivity index (χ2v) is 9.31. The van der Waals surface area contributed by atoms with Gasteiger partial charge in [0.05, 0.1) is 16.9 Å². The zero-order valence-corrected chi connectivity index (χ0v) is 18.2. The third kappa shape index (κ3) is 5.80. The molecule has 1 aromatic heterocycles. The van der Waals surface area contributed by atoms with Crippen molar-refractivity contribution in [2.45, 2.75) is 17.1 Å². The topological polar surface area (TPSA) is 105 Å². The molecule has 3 rings (SSSR count). The first kappa shape index (κ1) is 21.8. The lowest BCUT2D eigenvalue weighted by atomic mass is 10.2. The van der Waals surface area contributed by atoms with Crippen LogP contribution in [0.3, 0.4) is 0 Å². The first-order valence-corrected chi connectivity index (χ1v) is 11.5. The molecule has 0 aliphatic carbocycles. The van der Waals surface area contributed by atoms with Gasteiger partial charge in [0.2, 0.25) is 5.91 Å². The molecule has 0 atom stereocenters. The van der Waals surface area contributed by atoms with Gasteiger partial charge in [0, 0.05) is 28.7 Å². The Bertz CT molecular complexity index is 1130. The molecule has 7 nitrogen and oxygen atoms in total. The third-order valence-electron chi connectivity index (χ3n) is 4.17. The highest BCUT2D eigenvalue weighted by Crippen LogP contribution is 2.20. The summed E-state index contributed by atoms with van der Waals surface area (Å²) in [5.41, 5.74) is 0.907. The van der Waals surface area contributed by atoms with Crippen molar-refractivity contribution >= 4 is 43.3 Å². The molecule has 0 radical (unpaired) electrons. The number of anilines is 1. The average molecular weight is 491 g/mol. The molecule has 0 aliphatic heterocycles. The molecule has 0 fully saturated rings. The molecule has 2 amide bonds. The first-order chi connectivity index (χ1) is 14.3. The molecule has 3 aromatic rings. The zero-order chi connectivity index (χ0) is 21.6. The second-order valence-electron chi connectivity index (χ2n) is 6.41. The van der Waals surface area contributed by atoms with Gasteiger partial charge in [-0.15, -0.1) is 0 Å². The first-order valence-electron chi connectivity index (χ1n) is 9.03. The van der Waals surface area contributed by atoms with E-state index in [1.165, 1.54) is 24.5 Å². The molecule has 0 unspecified atom stereocenters. The minimum atomic E-state index is -3.62. The maximum absolute atomic E-state index is 12.5. The van der Waals surface area contributed by atoms with E-state index >= 15 is 0 Å². The molecule has 0 bridgehead atoms. The van der Waals surface area contributed by atoms with Crippen molar-refractivity contribution in [3.8, 4) is 0 Å². The van der Waals surface area contributed by atoms with E-state index in [0.29, 0.717) is 5.69 Å². The Morgan fingerprint density at radius 3 is 2.37 bits per heavy atom. The van der Waals surface area contributed by atoms with Gasteiger partial charge in [-0.2, -0.15) is 0 Å². The van der Waals surface area contributed by atoms with Gasteiger partial charge in [-0.3, -0.25) is 9.59 Å². The largest absolute Gasteiger partial charge is 0.459 e. The highest BCUT2D eigenvalue weighted by atomic mass is 79.9. The van der Waals surface area contributed by atoms with Crippen LogP contribution in [-0.2, 0) is 20.4 Å². The van der Waals surface area contributed by atoms with Crippen LogP contribution in [0.15, 0.2) is 80.7 Å². The summed E-state index contributed by atoms with van der Waals surface area (Å²) < 4.78 is 31.2. The lowest BCUT2D eigenvalue weighted by Crippen LogP contribution is -2.28. The van der Waals surface area contributed by atoms with E-state index < -0.39 is 15.7 Å². The predicted octanol–water partition coefficient (Wildman–Crippen LogP) is 3.77. The van der Waals surface area contributed by atoms with Crippen LogP contribution in [0, 0.1) is 0 Å². The normalized spacial score (nSPS) is 11.1. The Morgan fingerprint density at radius 2 is 1.67 bits per heavy atom. The quantitative estimate of drug-likeness (QED) is 0.499. The fourth-order valence-corrected chi connectivity index (χ4v) is 4.33. The number of hydrogen-bond donors (Lipinski definition) is 2. The Balaban J connectivity index is 1.55. The predicted molar refractivity (Wildman–Crippen MR) is 116 cm³/mol. The molecule has 2 N–H and O–H groups in total. The fraction of sp³-hybridized carbons (Fsp3) is 0.143. The summed E-state index contributed by atoms with van der Waals surface area (Å²) in [4.78, 5) is 24.6. The maximum atomic E-state index is 12.5. The van der Waals surface area contributed by atoms with Crippen molar-refractivity contribution in [2.75, 3.05) is 11.9 Å². The molecule has 156 valence electrons. The van der Waals surface area contributed by atoms with Gasteiger partial charge in [-0.25, -0.2) is 8.42 Å². The van der Waals surface area contributed by atoms with E-state index in [0.717, 1.165) is 4.47 Å². The number of amides is 2. The molecule has 9 heteroatoms. The van der Waals surface area contributed by atoms with Gasteiger partial charge >= 0.3 is 0 Å². The maximum Gasteiger partial charge on any atom is 0.287 e. The minimum Gasteiger partial charge on any atom is -0.459 e. The van der Waals surface area contributed by atoms with Crippen molar-refractivity contribution in [2.24, 2.45) is 0 Å². The molecule has 0 saturated heterocycles. The number of furan rings is 1. The molecule has 1 heterocycles. The summed E-state index contributed by atoms with van der Waals surface area (Å²) in [6, 6.07) is 16.6. The Hall–Kier alpha value is -2.91. The van der Waals surface area contributed by atoms with Gasteiger partial charge in [0.15, 0.2) is 15.6 Å². The lowest BCUT2D eigenvalue weighted by molar-refractivity contribution is -0.116. The lowest BCUT2D eigenvalue weighted by Gasteiger charge is -2.07. The molecule has 30 heavy (non-hydrogen) atoms. The average Bonchev–Trinajstić information content (AvgIpc) is 3.18. The van der Waals surface area contributed by atoms with Crippen molar-refractivity contribution < 1.29 is 22.4 Å². The number of benzene rings is 2. The molecule has 0 aliphatic rings.